The number of hydrazine groups is 1. The number of nitrogens with one attached hydrogen (secondary N) is 4. The minimum Gasteiger partial charge on any atom is -0.492 e. The quantitative estimate of drug-likeness (QED) is 0.0335. The minimum absolute atomic E-state index is 0.0657. The standard InChI is InChI=1S/C27H34N2O3.C8H13NO2.C6H12N2O.C6H13N.C6H10O/c1-31-25-16-9-12-21(25)11-3-2-4-14-23-26(32-20-10-19-29-17-7-8-18-29)22-13-5-6-15-24(22)28-27(23)30;10-5-8(9-6-11)7-3-1-2-4-7;1-6(2-3-6)4-7-8-5-9;1-6-4-3-5-7(6)2;1-3-6(2)4-5-7/h2,4-8,13,15,17-18,21,25H,3,9-12,14,16,19-20H2,1H3,(H,28,30);5-8H,1-4H2,(H,9,11);5,7H,2-4H2,1H3,(H,8,9);6H,3-5H2,1-2H3;3,5-6H,1,4H2,2H3/b4-2+;;;;/t21?,25-;8-;;;6-/m11..0/s1. The molecule has 13 nitrogen and oxygen atoms in total. The van der Waals surface area contributed by atoms with Crippen LogP contribution < -0.4 is 26.5 Å². The maximum Gasteiger partial charge on any atom is 0.255 e. The summed E-state index contributed by atoms with van der Waals surface area (Å²) >= 11 is 0. The predicted octanol–water partition coefficient (Wildman–Crippen LogP) is 8.52. The Morgan fingerprint density at radius 1 is 0.955 bits per heavy atom. The number of H-pyrrole nitrogens is 1. The van der Waals surface area contributed by atoms with Crippen LogP contribution >= 0.6 is 0 Å². The number of aldehydes is 2. The zero-order valence-corrected chi connectivity index (χ0v) is 40.7. The Kier molecular flexibility index (Phi) is 26.9. The number of carbonyl (C=O) groups is 4. The van der Waals surface area contributed by atoms with Crippen LogP contribution in [-0.4, -0.2) is 91.9 Å². The molecule has 13 heteroatoms. The fraction of sp³-hybridized carbons (Fsp3) is 0.604. The highest BCUT2D eigenvalue weighted by atomic mass is 16.5. The summed E-state index contributed by atoms with van der Waals surface area (Å²) in [4.78, 5) is 58.2. The summed E-state index contributed by atoms with van der Waals surface area (Å²) in [6.07, 6.45) is 31.4. The van der Waals surface area contributed by atoms with E-state index in [2.05, 4.69) is 82.6 Å². The highest BCUT2D eigenvalue weighted by Crippen LogP contribution is 2.43. The van der Waals surface area contributed by atoms with Gasteiger partial charge in [0.2, 0.25) is 12.8 Å². The van der Waals surface area contributed by atoms with Crippen LogP contribution in [0.15, 0.2) is 78.4 Å². The number of fused-ring (bicyclic) bond motifs is 1. The summed E-state index contributed by atoms with van der Waals surface area (Å²) in [6, 6.07) is 12.5. The fourth-order valence-corrected chi connectivity index (χ4v) is 8.52. The summed E-state index contributed by atoms with van der Waals surface area (Å²) < 4.78 is 14.0. The number of benzene rings is 1. The Morgan fingerprint density at radius 3 is 2.27 bits per heavy atom. The number of para-hydroxylation sites is 1. The Morgan fingerprint density at radius 2 is 1.70 bits per heavy atom. The second kappa shape index (κ2) is 32.0. The number of ether oxygens (including phenoxy) is 2. The lowest BCUT2D eigenvalue weighted by Gasteiger charge is -2.16. The number of aromatic amines is 1. The summed E-state index contributed by atoms with van der Waals surface area (Å²) in [5, 5.41) is 3.49. The number of aromatic nitrogens is 2. The summed E-state index contributed by atoms with van der Waals surface area (Å²) in [5.74, 6) is 2.11. The van der Waals surface area contributed by atoms with Crippen molar-refractivity contribution in [2.24, 2.45) is 23.2 Å². The van der Waals surface area contributed by atoms with Crippen molar-refractivity contribution in [3.63, 3.8) is 0 Å². The highest BCUT2D eigenvalue weighted by molar-refractivity contribution is 5.86. The van der Waals surface area contributed by atoms with Gasteiger partial charge in [-0.1, -0.05) is 63.5 Å². The van der Waals surface area contributed by atoms with Gasteiger partial charge in [-0.15, -0.1) is 6.58 Å². The molecule has 2 unspecified atom stereocenters. The Labute approximate surface area is 394 Å². The first kappa shape index (κ1) is 55.5. The number of pyridine rings is 1. The van der Waals surface area contributed by atoms with Crippen molar-refractivity contribution >= 4 is 36.3 Å². The first-order valence-electron chi connectivity index (χ1n) is 24.4. The molecular formula is C53H82N6O7. The van der Waals surface area contributed by atoms with Gasteiger partial charge in [0.05, 0.1) is 29.8 Å². The van der Waals surface area contributed by atoms with E-state index in [4.69, 9.17) is 9.47 Å². The molecular weight excluding hydrogens is 833 g/mol. The van der Waals surface area contributed by atoms with Crippen molar-refractivity contribution in [2.75, 3.05) is 33.9 Å². The van der Waals surface area contributed by atoms with Crippen LogP contribution in [-0.2, 0) is 36.9 Å². The molecule has 4 fully saturated rings. The summed E-state index contributed by atoms with van der Waals surface area (Å²) in [6.45, 7) is 13.6. The van der Waals surface area contributed by atoms with E-state index in [0.717, 1.165) is 80.5 Å². The first-order chi connectivity index (χ1) is 32.0. The van der Waals surface area contributed by atoms with E-state index in [0.29, 0.717) is 67.1 Å². The lowest BCUT2D eigenvalue weighted by molar-refractivity contribution is -0.116. The third kappa shape index (κ3) is 20.8. The molecule has 1 saturated heterocycles. The highest BCUT2D eigenvalue weighted by Gasteiger charge is 2.36. The number of aryl methyl sites for hydroxylation is 1. The number of allylic oxidation sites excluding steroid dienone is 3. The van der Waals surface area contributed by atoms with Crippen molar-refractivity contribution in [1.29, 1.82) is 0 Å². The zero-order valence-electron chi connectivity index (χ0n) is 40.7. The van der Waals surface area contributed by atoms with Crippen LogP contribution in [0.1, 0.15) is 123 Å². The van der Waals surface area contributed by atoms with Gasteiger partial charge in [-0.05, 0) is 145 Å². The number of carbonyl (C=O) groups excluding carboxylic acids is 4. The van der Waals surface area contributed by atoms with E-state index < -0.39 is 0 Å². The minimum atomic E-state index is -0.241. The van der Waals surface area contributed by atoms with Gasteiger partial charge < -0.3 is 38.8 Å². The number of hydrogen-bond acceptors (Lipinski definition) is 9. The number of nitrogens with zero attached hydrogens (tertiary/aromatic N) is 2. The lowest BCUT2D eigenvalue weighted by atomic mass is 9.99. The molecule has 7 rings (SSSR count). The van der Waals surface area contributed by atoms with Crippen LogP contribution in [0.3, 0.4) is 0 Å². The molecule has 4 N–H and O–H groups in total. The van der Waals surface area contributed by atoms with Crippen LogP contribution in [0.2, 0.25) is 0 Å². The van der Waals surface area contributed by atoms with Crippen LogP contribution in [0, 0.1) is 23.2 Å². The third-order valence-electron chi connectivity index (χ3n) is 13.4. The van der Waals surface area contributed by atoms with Gasteiger partial charge in [0.15, 0.2) is 0 Å². The molecule has 0 spiro atoms. The molecule has 5 atom stereocenters. The predicted molar refractivity (Wildman–Crippen MR) is 266 cm³/mol. The van der Waals surface area contributed by atoms with Crippen molar-refractivity contribution in [2.45, 2.75) is 148 Å². The van der Waals surface area contributed by atoms with E-state index in [1.807, 2.05) is 50.4 Å². The number of hydrogen-bond donors (Lipinski definition) is 4. The molecule has 0 radical (unpaired) electrons. The fourth-order valence-electron chi connectivity index (χ4n) is 8.52. The Balaban J connectivity index is 0.000000273. The van der Waals surface area contributed by atoms with Crippen molar-refractivity contribution in [3.8, 4) is 5.75 Å². The maximum atomic E-state index is 12.8. The van der Waals surface area contributed by atoms with Gasteiger partial charge in [-0.25, -0.2) is 5.43 Å². The second-order valence-corrected chi connectivity index (χ2v) is 18.7. The van der Waals surface area contributed by atoms with Gasteiger partial charge in [0, 0.05) is 50.4 Å². The smallest absolute Gasteiger partial charge is 0.255 e. The Bertz CT molecular complexity index is 1900. The number of rotatable bonds is 22. The van der Waals surface area contributed by atoms with Crippen LogP contribution in [0.25, 0.3) is 10.9 Å². The maximum absolute atomic E-state index is 12.8. The molecule has 3 aromatic rings. The largest absolute Gasteiger partial charge is 0.492 e. The van der Waals surface area contributed by atoms with Crippen molar-refractivity contribution < 1.29 is 28.7 Å². The van der Waals surface area contributed by atoms with E-state index in [-0.39, 0.29) is 11.6 Å². The molecule has 0 bridgehead atoms. The molecule has 3 aliphatic carbocycles. The van der Waals surface area contributed by atoms with Gasteiger partial charge in [0.1, 0.15) is 18.3 Å². The second-order valence-electron chi connectivity index (χ2n) is 18.7. The summed E-state index contributed by atoms with van der Waals surface area (Å²) in [5.41, 5.74) is 7.16. The van der Waals surface area contributed by atoms with Gasteiger partial charge in [0.25, 0.3) is 5.56 Å². The number of methoxy groups -OCH3 is 1. The normalized spacial score (nSPS) is 20.4. The molecule has 3 heterocycles. The van der Waals surface area contributed by atoms with Gasteiger partial charge in [-0.2, -0.15) is 0 Å². The molecule has 2 amide bonds. The molecule has 3 saturated carbocycles. The lowest BCUT2D eigenvalue weighted by Crippen LogP contribution is -2.35. The van der Waals surface area contributed by atoms with Gasteiger partial charge >= 0.3 is 0 Å². The topological polar surface area (TPSA) is 164 Å². The van der Waals surface area contributed by atoms with E-state index in [1.54, 1.807) is 6.08 Å². The van der Waals surface area contributed by atoms with E-state index in [1.165, 1.54) is 64.3 Å². The van der Waals surface area contributed by atoms with E-state index >= 15 is 0 Å². The Hall–Kier alpha value is -4.85. The molecule has 4 aliphatic rings. The average molecular weight is 915 g/mol. The van der Waals surface area contributed by atoms with E-state index in [9.17, 15) is 24.0 Å². The number of likely N-dealkylation sites (tertiary alicyclic amines) is 1. The van der Waals surface area contributed by atoms with Crippen LogP contribution in [0.4, 0.5) is 0 Å². The monoisotopic (exact) mass is 915 g/mol. The molecule has 1 aromatic carbocycles. The third-order valence-corrected chi connectivity index (χ3v) is 13.4. The molecule has 2 aromatic heterocycles. The van der Waals surface area contributed by atoms with Crippen molar-refractivity contribution in [1.82, 2.24) is 30.6 Å². The number of amides is 2. The van der Waals surface area contributed by atoms with Crippen LogP contribution in [0.5, 0.6) is 5.75 Å². The summed E-state index contributed by atoms with van der Waals surface area (Å²) in [7, 11) is 4.02. The van der Waals surface area contributed by atoms with Gasteiger partial charge in [-0.3, -0.25) is 19.8 Å². The molecule has 66 heavy (non-hydrogen) atoms. The molecule has 366 valence electrons. The molecule has 1 aliphatic heterocycles. The average Bonchev–Trinajstić information content (AvgIpc) is 3.95. The zero-order chi connectivity index (χ0) is 48.0. The SMILES string of the molecule is C=C[C@H](C)CC=O.CC1(CNNC=O)CC1.CC1CCCN1C.CO[C@@H]1CCCC1CC/C=C/Cc1c(OCCCn2cccc2)c2ccccc2[nH]c1=O.O=CN[C@H](C=O)C1CCCC1. The first-order valence-corrected chi connectivity index (χ1v) is 24.4. The van der Waals surface area contributed by atoms with Crippen molar-refractivity contribution in [3.05, 3.63) is 89.5 Å².